The van der Waals surface area contributed by atoms with Crippen molar-refractivity contribution in [3.05, 3.63) is 29.5 Å². The average molecular weight is 317 g/mol. The first-order valence-corrected chi connectivity index (χ1v) is 7.51. The second-order valence-electron chi connectivity index (χ2n) is 4.25. The third-order valence-electron chi connectivity index (χ3n) is 2.61. The van der Waals surface area contributed by atoms with Gasteiger partial charge in [0.1, 0.15) is 5.65 Å². The van der Waals surface area contributed by atoms with Gasteiger partial charge in [-0.2, -0.15) is 0 Å². The summed E-state index contributed by atoms with van der Waals surface area (Å²) >= 11 is 5.88. The molecule has 20 heavy (non-hydrogen) atoms. The molecule has 108 valence electrons. The predicted octanol–water partition coefficient (Wildman–Crippen LogP) is 0.354. The Morgan fingerprint density at radius 3 is 2.80 bits per heavy atom. The van der Waals surface area contributed by atoms with E-state index in [1.54, 1.807) is 18.2 Å². The average Bonchev–Trinajstić information content (AvgIpc) is 2.72. The smallest absolute Gasteiger partial charge is 0.260 e. The van der Waals surface area contributed by atoms with Crippen LogP contribution in [0.2, 0.25) is 5.15 Å². The number of rotatable bonds is 4. The van der Waals surface area contributed by atoms with Crippen LogP contribution >= 0.6 is 11.6 Å². The molecule has 0 aliphatic carbocycles. The third kappa shape index (κ3) is 2.77. The molecule has 1 N–H and O–H groups in total. The van der Waals surface area contributed by atoms with Crippen molar-refractivity contribution in [3.8, 4) is 0 Å². The maximum atomic E-state index is 12.2. The Balaban J connectivity index is 2.37. The summed E-state index contributed by atoms with van der Waals surface area (Å²) in [6.45, 7) is -0.342. The van der Waals surface area contributed by atoms with Gasteiger partial charge in [-0.3, -0.25) is 9.20 Å². The third-order valence-corrected chi connectivity index (χ3v) is 4.41. The number of halogens is 1. The molecule has 0 atom stereocenters. The van der Waals surface area contributed by atoms with Crippen LogP contribution in [0.1, 0.15) is 0 Å². The van der Waals surface area contributed by atoms with Crippen molar-refractivity contribution in [1.82, 2.24) is 19.0 Å². The van der Waals surface area contributed by atoms with Gasteiger partial charge in [0.05, 0.1) is 6.54 Å². The van der Waals surface area contributed by atoms with Gasteiger partial charge in [-0.05, 0) is 12.1 Å². The lowest BCUT2D eigenvalue weighted by molar-refractivity contribution is -0.127. The summed E-state index contributed by atoms with van der Waals surface area (Å²) in [5.41, 5.74) is 0.414. The number of amides is 1. The molecule has 0 aromatic carbocycles. The number of imidazole rings is 1. The molecule has 0 saturated carbocycles. The molecule has 2 rings (SSSR count). The molecule has 2 aromatic heterocycles. The second-order valence-corrected chi connectivity index (χ2v) is 6.29. The standard InChI is InChI=1S/C11H13ClN4O3S/c1-15(2)9(17)7-13-20(18,19)11-10(12)14-8-5-3-4-6-16(8)11/h3-6,13H,7H2,1-2H3. The Kier molecular flexibility index (Phi) is 3.98. The molecule has 0 bridgehead atoms. The van der Waals surface area contributed by atoms with Crippen molar-refractivity contribution in [2.24, 2.45) is 0 Å². The molecule has 0 spiro atoms. The molecule has 7 nitrogen and oxygen atoms in total. The van der Waals surface area contributed by atoms with E-state index in [2.05, 4.69) is 9.71 Å². The van der Waals surface area contributed by atoms with Crippen molar-refractivity contribution in [1.29, 1.82) is 0 Å². The lowest BCUT2D eigenvalue weighted by Gasteiger charge is -2.11. The van der Waals surface area contributed by atoms with Crippen LogP contribution in [0.25, 0.3) is 5.65 Å². The van der Waals surface area contributed by atoms with Crippen molar-refractivity contribution in [2.45, 2.75) is 5.03 Å². The van der Waals surface area contributed by atoms with Crippen LogP contribution in [-0.2, 0) is 14.8 Å². The molecule has 0 unspecified atom stereocenters. The Bertz CT molecular complexity index is 754. The zero-order valence-corrected chi connectivity index (χ0v) is 12.4. The molecular weight excluding hydrogens is 304 g/mol. The van der Waals surface area contributed by atoms with Crippen LogP contribution in [0, 0.1) is 0 Å². The fourth-order valence-corrected chi connectivity index (χ4v) is 3.18. The topological polar surface area (TPSA) is 83.8 Å². The lowest BCUT2D eigenvalue weighted by atomic mass is 10.5. The van der Waals surface area contributed by atoms with Gasteiger partial charge in [0.2, 0.25) is 5.91 Å². The molecule has 0 aliphatic heterocycles. The number of sulfonamides is 1. The molecule has 9 heteroatoms. The van der Waals surface area contributed by atoms with Gasteiger partial charge < -0.3 is 4.90 Å². The largest absolute Gasteiger partial charge is 0.348 e. The molecule has 2 aromatic rings. The number of nitrogens with zero attached hydrogens (tertiary/aromatic N) is 3. The fraction of sp³-hybridized carbons (Fsp3) is 0.273. The molecule has 0 radical (unpaired) electrons. The van der Waals surface area contributed by atoms with Crippen molar-refractivity contribution in [2.75, 3.05) is 20.6 Å². The van der Waals surface area contributed by atoms with E-state index >= 15 is 0 Å². The van der Waals surface area contributed by atoms with Gasteiger partial charge in [-0.25, -0.2) is 18.1 Å². The van der Waals surface area contributed by atoms with E-state index in [4.69, 9.17) is 11.6 Å². The number of carbonyl (C=O) groups excluding carboxylic acids is 1. The normalized spacial score (nSPS) is 11.8. The maximum absolute atomic E-state index is 12.2. The van der Waals surface area contributed by atoms with E-state index in [9.17, 15) is 13.2 Å². The van der Waals surface area contributed by atoms with Gasteiger partial charge in [0, 0.05) is 20.3 Å². The highest BCUT2D eigenvalue weighted by Gasteiger charge is 2.24. The first kappa shape index (κ1) is 14.8. The second kappa shape index (κ2) is 5.39. The summed E-state index contributed by atoms with van der Waals surface area (Å²) in [6, 6.07) is 5.02. The van der Waals surface area contributed by atoms with Gasteiger partial charge in [-0.15, -0.1) is 0 Å². The van der Waals surface area contributed by atoms with Gasteiger partial charge in [-0.1, -0.05) is 17.7 Å². The zero-order valence-electron chi connectivity index (χ0n) is 10.9. The number of fused-ring (bicyclic) bond motifs is 1. The minimum absolute atomic E-state index is 0.138. The van der Waals surface area contributed by atoms with E-state index in [1.165, 1.54) is 29.6 Å². The summed E-state index contributed by atoms with van der Waals surface area (Å²) in [5, 5.41) is -0.317. The van der Waals surface area contributed by atoms with E-state index in [1.807, 2.05) is 0 Å². The number of pyridine rings is 1. The summed E-state index contributed by atoms with van der Waals surface area (Å²) in [7, 11) is -0.853. The summed E-state index contributed by atoms with van der Waals surface area (Å²) in [5.74, 6) is -0.362. The minimum Gasteiger partial charge on any atom is -0.348 e. The summed E-state index contributed by atoms with van der Waals surface area (Å²) in [4.78, 5) is 16.7. The summed E-state index contributed by atoms with van der Waals surface area (Å²) in [6.07, 6.45) is 1.54. The first-order valence-electron chi connectivity index (χ1n) is 5.65. The lowest BCUT2D eigenvalue weighted by Crippen LogP contribution is -2.36. The fourth-order valence-electron chi connectivity index (χ4n) is 1.57. The van der Waals surface area contributed by atoms with Crippen LogP contribution < -0.4 is 4.72 Å². The number of likely N-dealkylation sites (N-methyl/N-ethyl adjacent to an activating group) is 1. The van der Waals surface area contributed by atoms with Crippen molar-refractivity contribution >= 4 is 33.2 Å². The van der Waals surface area contributed by atoms with Crippen LogP contribution in [-0.4, -0.2) is 49.2 Å². The SMILES string of the molecule is CN(C)C(=O)CNS(=O)(=O)c1c(Cl)nc2ccccn12. The monoisotopic (exact) mass is 316 g/mol. The Morgan fingerprint density at radius 2 is 2.15 bits per heavy atom. The Hall–Kier alpha value is -1.64. The number of nitrogens with one attached hydrogen (secondary N) is 1. The number of hydrogen-bond acceptors (Lipinski definition) is 4. The van der Waals surface area contributed by atoms with Gasteiger partial charge in [0.15, 0.2) is 10.2 Å². The van der Waals surface area contributed by atoms with E-state index in [0.717, 1.165) is 0 Å². The van der Waals surface area contributed by atoms with E-state index in [0.29, 0.717) is 5.65 Å². The molecule has 2 heterocycles. The highest BCUT2D eigenvalue weighted by Crippen LogP contribution is 2.22. The molecule has 1 amide bonds. The first-order chi connectivity index (χ1) is 9.33. The Morgan fingerprint density at radius 1 is 1.45 bits per heavy atom. The van der Waals surface area contributed by atoms with Gasteiger partial charge >= 0.3 is 0 Å². The quantitative estimate of drug-likeness (QED) is 0.882. The number of hydrogen-bond donors (Lipinski definition) is 1. The molecule has 0 aliphatic rings. The highest BCUT2D eigenvalue weighted by molar-refractivity contribution is 7.89. The zero-order chi connectivity index (χ0) is 14.9. The van der Waals surface area contributed by atoms with Crippen molar-refractivity contribution < 1.29 is 13.2 Å². The van der Waals surface area contributed by atoms with Crippen LogP contribution in [0.3, 0.4) is 0 Å². The van der Waals surface area contributed by atoms with E-state index < -0.39 is 10.0 Å². The predicted molar refractivity (Wildman–Crippen MR) is 74.1 cm³/mol. The van der Waals surface area contributed by atoms with Crippen molar-refractivity contribution in [3.63, 3.8) is 0 Å². The highest BCUT2D eigenvalue weighted by atomic mass is 35.5. The Labute approximate surface area is 121 Å². The molecular formula is C11H13ClN4O3S. The number of carbonyl (C=O) groups is 1. The molecule has 0 fully saturated rings. The van der Waals surface area contributed by atoms with Crippen LogP contribution in [0.15, 0.2) is 29.4 Å². The van der Waals surface area contributed by atoms with Crippen LogP contribution in [0.5, 0.6) is 0 Å². The number of aromatic nitrogens is 2. The van der Waals surface area contributed by atoms with Crippen LogP contribution in [0.4, 0.5) is 0 Å². The molecule has 0 saturated heterocycles. The minimum atomic E-state index is -3.93. The van der Waals surface area contributed by atoms with Gasteiger partial charge in [0.25, 0.3) is 10.0 Å². The van der Waals surface area contributed by atoms with E-state index in [-0.39, 0.29) is 22.6 Å². The maximum Gasteiger partial charge on any atom is 0.260 e. The summed E-state index contributed by atoms with van der Waals surface area (Å²) < 4.78 is 28.0.